The summed E-state index contributed by atoms with van der Waals surface area (Å²) in [4.78, 5) is 41.9. The second-order valence-electron chi connectivity index (χ2n) is 11.4. The number of carbonyl (C=O) groups excluding carboxylic acids is 3. The van der Waals surface area contributed by atoms with Crippen molar-refractivity contribution >= 4 is 23.4 Å². The van der Waals surface area contributed by atoms with Crippen LogP contribution in [0.15, 0.2) is 48.7 Å². The van der Waals surface area contributed by atoms with Gasteiger partial charge in [-0.3, -0.25) is 19.1 Å². The molecule has 0 aliphatic carbocycles. The number of piperidine rings is 1. The van der Waals surface area contributed by atoms with Crippen molar-refractivity contribution in [3.8, 4) is 11.5 Å². The second kappa shape index (κ2) is 11.8. The second-order valence-corrected chi connectivity index (χ2v) is 11.4. The number of nitrogens with zero attached hydrogens (tertiary/aromatic N) is 4. The Hall–Kier alpha value is -4.41. The van der Waals surface area contributed by atoms with Gasteiger partial charge in [0.15, 0.2) is 0 Å². The maximum atomic E-state index is 13.8. The lowest BCUT2D eigenvalue weighted by atomic mass is 9.73. The number of anilines is 1. The number of ether oxygens (including phenoxy) is 2. The van der Waals surface area contributed by atoms with E-state index in [1.807, 2.05) is 36.5 Å². The van der Waals surface area contributed by atoms with Crippen LogP contribution in [0, 0.1) is 5.41 Å². The van der Waals surface area contributed by atoms with Gasteiger partial charge in [0.25, 0.3) is 0 Å². The van der Waals surface area contributed by atoms with Crippen LogP contribution in [0.5, 0.6) is 11.5 Å². The summed E-state index contributed by atoms with van der Waals surface area (Å²) in [5.41, 5.74) is 2.55. The molecule has 2 aromatic carbocycles. The van der Waals surface area contributed by atoms with E-state index in [1.54, 1.807) is 28.8 Å². The molecule has 1 unspecified atom stereocenters. The number of carbonyl (C=O) groups is 3. The minimum atomic E-state index is -0.719. The zero-order valence-corrected chi connectivity index (χ0v) is 23.8. The van der Waals surface area contributed by atoms with Gasteiger partial charge in [-0.15, -0.1) is 5.10 Å². The topological polar surface area (TPSA) is 128 Å². The van der Waals surface area contributed by atoms with Crippen LogP contribution in [0.1, 0.15) is 48.4 Å². The molecule has 4 aliphatic heterocycles. The molecule has 1 saturated heterocycles. The maximum Gasteiger partial charge on any atom is 0.230 e. The Morgan fingerprint density at radius 3 is 2.69 bits per heavy atom. The van der Waals surface area contributed by atoms with Gasteiger partial charge in [-0.05, 0) is 60.7 Å². The molecule has 7 rings (SSSR count). The van der Waals surface area contributed by atoms with E-state index in [0.29, 0.717) is 69.9 Å². The summed E-state index contributed by atoms with van der Waals surface area (Å²) in [5, 5.41) is 14.7. The first-order chi connectivity index (χ1) is 20.4. The maximum absolute atomic E-state index is 13.8. The average Bonchev–Trinajstić information content (AvgIpc) is 3.45. The normalized spacial score (nSPS) is 20.6. The van der Waals surface area contributed by atoms with E-state index in [-0.39, 0.29) is 24.1 Å². The molecule has 42 heavy (non-hydrogen) atoms. The molecule has 0 saturated carbocycles. The predicted octanol–water partition coefficient (Wildman–Crippen LogP) is 2.71. The highest BCUT2D eigenvalue weighted by Gasteiger charge is 2.44. The molecule has 4 aliphatic rings. The fourth-order valence-electron chi connectivity index (χ4n) is 6.20. The number of fused-ring (bicyclic) bond motifs is 9. The molecule has 0 radical (unpaired) electrons. The van der Waals surface area contributed by atoms with Gasteiger partial charge in [0.1, 0.15) is 11.5 Å². The Morgan fingerprint density at radius 1 is 1.10 bits per heavy atom. The van der Waals surface area contributed by atoms with E-state index in [4.69, 9.17) is 9.47 Å². The number of hydrogen-bond acceptors (Lipinski definition) is 7. The summed E-state index contributed by atoms with van der Waals surface area (Å²) in [6, 6.07) is 13.3. The first-order valence-electron chi connectivity index (χ1n) is 14.6. The van der Waals surface area contributed by atoms with Gasteiger partial charge in [0.2, 0.25) is 17.7 Å². The number of rotatable bonds is 2. The molecule has 11 nitrogen and oxygen atoms in total. The van der Waals surface area contributed by atoms with E-state index >= 15 is 0 Å². The van der Waals surface area contributed by atoms with Crippen LogP contribution in [0.4, 0.5) is 5.69 Å². The smallest absolute Gasteiger partial charge is 0.230 e. The monoisotopic (exact) mass is 572 g/mol. The van der Waals surface area contributed by atoms with Gasteiger partial charge < -0.3 is 25.0 Å². The summed E-state index contributed by atoms with van der Waals surface area (Å²) in [7, 11) is 1.58. The fraction of sp³-hybridized carbons (Fsp3) is 0.452. The van der Waals surface area contributed by atoms with Crippen LogP contribution in [-0.4, -0.2) is 71.0 Å². The molecule has 1 fully saturated rings. The predicted molar refractivity (Wildman–Crippen MR) is 154 cm³/mol. The fourth-order valence-corrected chi connectivity index (χ4v) is 6.20. The molecular weight excluding hydrogens is 536 g/mol. The van der Waals surface area contributed by atoms with Crippen molar-refractivity contribution in [1.29, 1.82) is 0 Å². The van der Waals surface area contributed by atoms with Crippen LogP contribution in [0.2, 0.25) is 0 Å². The van der Waals surface area contributed by atoms with Crippen LogP contribution in [0.3, 0.4) is 0 Å². The van der Waals surface area contributed by atoms with E-state index in [2.05, 4.69) is 20.9 Å². The lowest BCUT2D eigenvalue weighted by Crippen LogP contribution is -2.52. The standard InChI is InChI=1S/C31H36N6O5/c1-41-24-7-8-27-25(17-24)26(18-28(38)33-27)29(39)36-14-10-31(11-15-36)19-22-20-37(35-34-22)13-2-16-42-23-5-3-21(4-6-23)9-12-32-30(31)40/h3-8,17,20,26H,2,9-16,18-19H2,1H3,(H,32,40)(H,33,38). The molecule has 2 N–H and O–H groups in total. The molecule has 4 bridgehead atoms. The average molecular weight is 573 g/mol. The number of methoxy groups -OCH3 is 1. The summed E-state index contributed by atoms with van der Waals surface area (Å²) in [5.74, 6) is 0.550. The van der Waals surface area contributed by atoms with Gasteiger partial charge in [-0.25, -0.2) is 0 Å². The third-order valence-electron chi connectivity index (χ3n) is 8.64. The largest absolute Gasteiger partial charge is 0.497 e. The van der Waals surface area contributed by atoms with Crippen molar-refractivity contribution in [2.24, 2.45) is 5.41 Å². The van der Waals surface area contributed by atoms with Crippen LogP contribution in [0.25, 0.3) is 0 Å². The number of amides is 3. The van der Waals surface area contributed by atoms with E-state index in [9.17, 15) is 14.4 Å². The van der Waals surface area contributed by atoms with E-state index in [1.165, 1.54) is 0 Å². The number of nitrogens with one attached hydrogen (secondary N) is 2. The highest BCUT2D eigenvalue weighted by molar-refractivity contribution is 6.01. The lowest BCUT2D eigenvalue weighted by molar-refractivity contribution is -0.142. The van der Waals surface area contributed by atoms with Crippen LogP contribution < -0.4 is 20.1 Å². The Morgan fingerprint density at radius 2 is 1.90 bits per heavy atom. The number of aryl methyl sites for hydroxylation is 1. The van der Waals surface area contributed by atoms with Crippen LogP contribution in [-0.2, 0) is 33.8 Å². The minimum Gasteiger partial charge on any atom is -0.497 e. The van der Waals surface area contributed by atoms with Crippen molar-refractivity contribution in [2.45, 2.75) is 51.0 Å². The van der Waals surface area contributed by atoms with Gasteiger partial charge in [-0.2, -0.15) is 0 Å². The molecule has 11 heteroatoms. The summed E-state index contributed by atoms with van der Waals surface area (Å²) < 4.78 is 13.0. The Balaban J connectivity index is 1.20. The molecule has 3 amide bonds. The number of hydrogen-bond donors (Lipinski definition) is 2. The number of aromatic nitrogens is 3. The number of benzene rings is 2. The molecule has 1 spiro atoms. The van der Waals surface area contributed by atoms with E-state index < -0.39 is 11.3 Å². The third-order valence-corrected chi connectivity index (χ3v) is 8.64. The SMILES string of the molecule is COc1ccc2c(c1)C(C(=O)N1CCC3(CC1)Cc1cn(nn1)CCCOc1ccc(cc1)CCNC3=O)CC(=O)N2. The quantitative estimate of drug-likeness (QED) is 0.483. The summed E-state index contributed by atoms with van der Waals surface area (Å²) in [6.45, 7) is 2.56. The van der Waals surface area contributed by atoms with Crippen molar-refractivity contribution < 1.29 is 23.9 Å². The highest BCUT2D eigenvalue weighted by Crippen LogP contribution is 2.39. The third kappa shape index (κ3) is 5.81. The van der Waals surface area contributed by atoms with Crippen molar-refractivity contribution in [1.82, 2.24) is 25.2 Å². The van der Waals surface area contributed by atoms with Crippen molar-refractivity contribution in [2.75, 3.05) is 38.7 Å². The van der Waals surface area contributed by atoms with Gasteiger partial charge in [0, 0.05) is 57.3 Å². The van der Waals surface area contributed by atoms with Crippen molar-refractivity contribution in [3.63, 3.8) is 0 Å². The van der Waals surface area contributed by atoms with Crippen molar-refractivity contribution in [3.05, 3.63) is 65.5 Å². The molecule has 5 heterocycles. The minimum absolute atomic E-state index is 0.0273. The number of likely N-dealkylation sites (tertiary alicyclic amines) is 1. The lowest BCUT2D eigenvalue weighted by Gasteiger charge is -2.41. The first kappa shape index (κ1) is 27.7. The zero-order chi connectivity index (χ0) is 29.1. The zero-order valence-electron chi connectivity index (χ0n) is 23.8. The van der Waals surface area contributed by atoms with Crippen LogP contribution >= 0.6 is 0 Å². The molecule has 1 aromatic heterocycles. The molecular formula is C31H36N6O5. The summed E-state index contributed by atoms with van der Waals surface area (Å²) in [6.07, 6.45) is 4.89. The molecule has 3 aromatic rings. The Kier molecular flexibility index (Phi) is 7.82. The Labute approximate surface area is 244 Å². The van der Waals surface area contributed by atoms with E-state index in [0.717, 1.165) is 29.0 Å². The van der Waals surface area contributed by atoms with Gasteiger partial charge >= 0.3 is 0 Å². The Bertz CT molecular complexity index is 1460. The molecule has 1 atom stereocenters. The molecule has 220 valence electrons. The summed E-state index contributed by atoms with van der Waals surface area (Å²) >= 11 is 0. The van der Waals surface area contributed by atoms with Gasteiger partial charge in [-0.1, -0.05) is 17.3 Å². The highest BCUT2D eigenvalue weighted by atomic mass is 16.5. The van der Waals surface area contributed by atoms with Gasteiger partial charge in [0.05, 0.1) is 30.7 Å². The first-order valence-corrected chi connectivity index (χ1v) is 14.6.